The SMILES string of the molecule is FC(F)(F)c1ccc(O[C@@H]2CCCNC2)cc1. The summed E-state index contributed by atoms with van der Waals surface area (Å²) >= 11 is 0. The fraction of sp³-hybridized carbons (Fsp3) is 0.500. The van der Waals surface area contributed by atoms with Crippen LogP contribution in [0.25, 0.3) is 0 Å². The Bertz CT molecular complexity index is 355. The smallest absolute Gasteiger partial charge is 0.416 e. The Morgan fingerprint density at radius 1 is 1.18 bits per heavy atom. The molecule has 0 bridgehead atoms. The Morgan fingerprint density at radius 2 is 1.88 bits per heavy atom. The maximum Gasteiger partial charge on any atom is 0.416 e. The second-order valence-electron chi connectivity index (χ2n) is 4.11. The minimum atomic E-state index is -4.29. The van der Waals surface area contributed by atoms with Gasteiger partial charge in [-0.15, -0.1) is 0 Å². The number of rotatable bonds is 2. The van der Waals surface area contributed by atoms with Gasteiger partial charge in [-0.1, -0.05) is 0 Å². The van der Waals surface area contributed by atoms with Crippen LogP contribution in [0, 0.1) is 0 Å². The van der Waals surface area contributed by atoms with Gasteiger partial charge < -0.3 is 10.1 Å². The first-order valence-electron chi connectivity index (χ1n) is 5.60. The van der Waals surface area contributed by atoms with Gasteiger partial charge in [0.1, 0.15) is 11.9 Å². The Balaban J connectivity index is 1.98. The molecule has 5 heteroatoms. The molecule has 0 aliphatic carbocycles. The van der Waals surface area contributed by atoms with Crippen LogP contribution in [-0.2, 0) is 6.18 Å². The molecule has 1 fully saturated rings. The maximum atomic E-state index is 12.3. The molecule has 1 aromatic carbocycles. The number of hydrogen-bond donors (Lipinski definition) is 1. The number of piperidine rings is 1. The Labute approximate surface area is 97.8 Å². The highest BCUT2D eigenvalue weighted by molar-refractivity contribution is 5.29. The average Bonchev–Trinajstić information content (AvgIpc) is 2.30. The van der Waals surface area contributed by atoms with E-state index in [9.17, 15) is 13.2 Å². The van der Waals surface area contributed by atoms with Crippen LogP contribution in [0.3, 0.4) is 0 Å². The van der Waals surface area contributed by atoms with E-state index < -0.39 is 11.7 Å². The Kier molecular flexibility index (Phi) is 3.57. The Hall–Kier alpha value is -1.23. The number of hydrogen-bond acceptors (Lipinski definition) is 2. The number of benzene rings is 1. The Morgan fingerprint density at radius 3 is 2.41 bits per heavy atom. The summed E-state index contributed by atoms with van der Waals surface area (Å²) in [5, 5.41) is 3.19. The molecule has 0 saturated carbocycles. The van der Waals surface area contributed by atoms with Gasteiger partial charge in [-0.3, -0.25) is 0 Å². The van der Waals surface area contributed by atoms with Crippen molar-refractivity contribution in [2.75, 3.05) is 13.1 Å². The summed E-state index contributed by atoms with van der Waals surface area (Å²) in [7, 11) is 0. The predicted molar refractivity (Wildman–Crippen MR) is 58.0 cm³/mol. The van der Waals surface area contributed by atoms with Gasteiger partial charge in [0.25, 0.3) is 0 Å². The molecule has 1 saturated heterocycles. The number of halogens is 3. The van der Waals surface area contributed by atoms with Crippen molar-refractivity contribution in [3.8, 4) is 5.75 Å². The van der Waals surface area contributed by atoms with E-state index in [1.54, 1.807) is 0 Å². The van der Waals surface area contributed by atoms with Gasteiger partial charge in [-0.25, -0.2) is 0 Å². The van der Waals surface area contributed by atoms with Crippen molar-refractivity contribution in [3.05, 3.63) is 29.8 Å². The molecular weight excluding hydrogens is 231 g/mol. The minimum absolute atomic E-state index is 0.0560. The van der Waals surface area contributed by atoms with Crippen molar-refractivity contribution in [1.29, 1.82) is 0 Å². The van der Waals surface area contributed by atoms with E-state index in [0.29, 0.717) is 5.75 Å². The fourth-order valence-corrected chi connectivity index (χ4v) is 1.84. The second kappa shape index (κ2) is 4.96. The number of ether oxygens (including phenoxy) is 1. The first-order valence-corrected chi connectivity index (χ1v) is 5.60. The van der Waals surface area contributed by atoms with Gasteiger partial charge in [-0.2, -0.15) is 13.2 Å². The van der Waals surface area contributed by atoms with E-state index in [0.717, 1.165) is 38.1 Å². The standard InChI is InChI=1S/C12H14F3NO/c13-12(14,15)9-3-5-10(6-4-9)17-11-2-1-7-16-8-11/h3-6,11,16H,1-2,7-8H2/t11-/m1/s1. The molecule has 0 unspecified atom stereocenters. The molecule has 0 radical (unpaired) electrons. The van der Waals surface area contributed by atoms with Gasteiger partial charge in [-0.05, 0) is 43.7 Å². The quantitative estimate of drug-likeness (QED) is 0.865. The van der Waals surface area contributed by atoms with Gasteiger partial charge in [0.15, 0.2) is 0 Å². The molecule has 1 N–H and O–H groups in total. The molecule has 2 nitrogen and oxygen atoms in total. The third-order valence-corrected chi connectivity index (χ3v) is 2.74. The summed E-state index contributed by atoms with van der Waals surface area (Å²) in [5.74, 6) is 0.492. The molecule has 1 heterocycles. The van der Waals surface area contributed by atoms with Crippen molar-refractivity contribution in [3.63, 3.8) is 0 Å². The van der Waals surface area contributed by atoms with Crippen LogP contribution in [0.2, 0.25) is 0 Å². The van der Waals surface area contributed by atoms with E-state index in [1.165, 1.54) is 12.1 Å². The summed E-state index contributed by atoms with van der Waals surface area (Å²) in [6.07, 6.45) is -2.26. The molecule has 1 atom stereocenters. The number of nitrogens with one attached hydrogen (secondary N) is 1. The minimum Gasteiger partial charge on any atom is -0.489 e. The highest BCUT2D eigenvalue weighted by atomic mass is 19.4. The predicted octanol–water partition coefficient (Wildman–Crippen LogP) is 2.84. The molecular formula is C12H14F3NO. The van der Waals surface area contributed by atoms with Crippen molar-refractivity contribution < 1.29 is 17.9 Å². The monoisotopic (exact) mass is 245 g/mol. The zero-order chi connectivity index (χ0) is 12.3. The van der Waals surface area contributed by atoms with Gasteiger partial charge in [0.05, 0.1) is 5.56 Å². The number of alkyl halides is 3. The van der Waals surface area contributed by atoms with E-state index in [1.807, 2.05) is 0 Å². The first kappa shape index (κ1) is 12.2. The summed E-state index contributed by atoms with van der Waals surface area (Å²) < 4.78 is 42.6. The summed E-state index contributed by atoms with van der Waals surface area (Å²) in [5.41, 5.74) is -0.647. The topological polar surface area (TPSA) is 21.3 Å². The lowest BCUT2D eigenvalue weighted by atomic mass is 10.1. The van der Waals surface area contributed by atoms with E-state index in [4.69, 9.17) is 4.74 Å². The van der Waals surface area contributed by atoms with Crippen molar-refractivity contribution >= 4 is 0 Å². The van der Waals surface area contributed by atoms with Crippen LogP contribution in [0.15, 0.2) is 24.3 Å². The first-order chi connectivity index (χ1) is 8.05. The summed E-state index contributed by atoms with van der Waals surface area (Å²) in [6, 6.07) is 4.84. The van der Waals surface area contributed by atoms with Crippen molar-refractivity contribution in [1.82, 2.24) is 5.32 Å². The van der Waals surface area contributed by atoms with Gasteiger partial charge in [0, 0.05) is 6.54 Å². The zero-order valence-corrected chi connectivity index (χ0v) is 9.26. The lowest BCUT2D eigenvalue weighted by molar-refractivity contribution is -0.137. The van der Waals surface area contributed by atoms with Crippen LogP contribution >= 0.6 is 0 Å². The van der Waals surface area contributed by atoms with E-state index >= 15 is 0 Å². The third-order valence-electron chi connectivity index (χ3n) is 2.74. The molecule has 1 aromatic rings. The summed E-state index contributed by atoms with van der Waals surface area (Å²) in [6.45, 7) is 1.73. The third kappa shape index (κ3) is 3.36. The molecule has 0 aromatic heterocycles. The van der Waals surface area contributed by atoms with Crippen LogP contribution < -0.4 is 10.1 Å². The molecule has 17 heavy (non-hydrogen) atoms. The zero-order valence-electron chi connectivity index (χ0n) is 9.26. The summed E-state index contributed by atoms with van der Waals surface area (Å²) in [4.78, 5) is 0. The largest absolute Gasteiger partial charge is 0.489 e. The normalized spacial score (nSPS) is 21.2. The molecule has 94 valence electrons. The van der Waals surface area contributed by atoms with Crippen LogP contribution in [0.1, 0.15) is 18.4 Å². The molecule has 2 rings (SSSR count). The molecule has 1 aliphatic rings. The lowest BCUT2D eigenvalue weighted by Gasteiger charge is -2.24. The molecule has 0 spiro atoms. The van der Waals surface area contributed by atoms with E-state index in [2.05, 4.69) is 5.32 Å². The maximum absolute atomic E-state index is 12.3. The molecule has 1 aliphatic heterocycles. The van der Waals surface area contributed by atoms with Crippen LogP contribution in [0.4, 0.5) is 13.2 Å². The highest BCUT2D eigenvalue weighted by Crippen LogP contribution is 2.30. The van der Waals surface area contributed by atoms with E-state index in [-0.39, 0.29) is 6.10 Å². The van der Waals surface area contributed by atoms with Crippen molar-refractivity contribution in [2.45, 2.75) is 25.1 Å². The van der Waals surface area contributed by atoms with Crippen LogP contribution in [0.5, 0.6) is 5.75 Å². The average molecular weight is 245 g/mol. The highest BCUT2D eigenvalue weighted by Gasteiger charge is 2.30. The second-order valence-corrected chi connectivity index (χ2v) is 4.11. The lowest BCUT2D eigenvalue weighted by Crippen LogP contribution is -2.37. The van der Waals surface area contributed by atoms with Gasteiger partial charge >= 0.3 is 6.18 Å². The molecule has 0 amide bonds. The van der Waals surface area contributed by atoms with Crippen LogP contribution in [-0.4, -0.2) is 19.2 Å². The fourth-order valence-electron chi connectivity index (χ4n) is 1.84. The van der Waals surface area contributed by atoms with Crippen molar-refractivity contribution in [2.24, 2.45) is 0 Å². The van der Waals surface area contributed by atoms with Gasteiger partial charge in [0.2, 0.25) is 0 Å².